The highest BCUT2D eigenvalue weighted by Crippen LogP contribution is 2.29. The summed E-state index contributed by atoms with van der Waals surface area (Å²) < 4.78 is 32.4. The van der Waals surface area contributed by atoms with Gasteiger partial charge in [0.15, 0.2) is 5.75 Å². The van der Waals surface area contributed by atoms with Gasteiger partial charge < -0.3 is 10.1 Å². The molecule has 2 aromatic rings. The van der Waals surface area contributed by atoms with E-state index in [1.165, 1.54) is 47.8 Å². The molecule has 0 spiro atoms. The lowest BCUT2D eigenvalue weighted by molar-refractivity contribution is -0.385. The molecule has 0 radical (unpaired) electrons. The molecule has 31 heavy (non-hydrogen) atoms. The highest BCUT2D eigenvalue weighted by molar-refractivity contribution is 7.89. The van der Waals surface area contributed by atoms with Crippen molar-refractivity contribution in [1.82, 2.24) is 4.31 Å². The molecule has 1 aliphatic rings. The van der Waals surface area contributed by atoms with Crippen molar-refractivity contribution in [2.75, 3.05) is 25.5 Å². The average molecular weight is 448 g/mol. The number of nitro benzene ring substituents is 1. The minimum atomic E-state index is -3.62. The van der Waals surface area contributed by atoms with Gasteiger partial charge in [-0.1, -0.05) is 13.8 Å². The van der Waals surface area contributed by atoms with E-state index in [2.05, 4.69) is 5.32 Å². The lowest BCUT2D eigenvalue weighted by atomic mass is 9.94. The summed E-state index contributed by atoms with van der Waals surface area (Å²) in [7, 11) is -2.31. The number of piperidine rings is 1. The number of methoxy groups -OCH3 is 1. The number of carbonyl (C=O) groups excluding carboxylic acids is 1. The van der Waals surface area contributed by atoms with Crippen LogP contribution in [0, 0.1) is 22.0 Å². The van der Waals surface area contributed by atoms with Crippen LogP contribution in [0.5, 0.6) is 5.75 Å². The number of rotatable bonds is 6. The first-order valence-corrected chi connectivity index (χ1v) is 11.3. The van der Waals surface area contributed by atoms with E-state index >= 15 is 0 Å². The largest absolute Gasteiger partial charge is 0.490 e. The Hall–Kier alpha value is -2.98. The molecule has 0 aliphatic carbocycles. The van der Waals surface area contributed by atoms with Crippen molar-refractivity contribution in [3.05, 3.63) is 58.1 Å². The normalized spacial score (nSPS) is 19.6. The summed E-state index contributed by atoms with van der Waals surface area (Å²) in [5.41, 5.74) is 0.143. The highest BCUT2D eigenvalue weighted by atomic mass is 32.2. The van der Waals surface area contributed by atoms with Gasteiger partial charge in [0.1, 0.15) is 0 Å². The van der Waals surface area contributed by atoms with Gasteiger partial charge in [0, 0.05) is 30.4 Å². The molecule has 0 bridgehead atoms. The van der Waals surface area contributed by atoms with Crippen molar-refractivity contribution < 1.29 is 22.9 Å². The molecule has 1 heterocycles. The maximum absolute atomic E-state index is 13.0. The summed E-state index contributed by atoms with van der Waals surface area (Å²) >= 11 is 0. The van der Waals surface area contributed by atoms with Crippen LogP contribution < -0.4 is 10.1 Å². The highest BCUT2D eigenvalue weighted by Gasteiger charge is 2.31. The van der Waals surface area contributed by atoms with Crippen LogP contribution in [0.4, 0.5) is 11.4 Å². The first-order valence-electron chi connectivity index (χ1n) is 9.85. The second-order valence-corrected chi connectivity index (χ2v) is 9.83. The van der Waals surface area contributed by atoms with E-state index in [1.54, 1.807) is 0 Å². The molecule has 2 aromatic carbocycles. The average Bonchev–Trinajstić information content (AvgIpc) is 2.72. The van der Waals surface area contributed by atoms with Gasteiger partial charge in [-0.15, -0.1) is 0 Å². The molecule has 3 rings (SSSR count). The fraction of sp³-hybridized carbons (Fsp3) is 0.381. The molecular formula is C21H25N3O6S. The molecule has 1 saturated heterocycles. The van der Waals surface area contributed by atoms with E-state index in [9.17, 15) is 23.3 Å². The van der Waals surface area contributed by atoms with Crippen LogP contribution in [0.3, 0.4) is 0 Å². The van der Waals surface area contributed by atoms with E-state index in [-0.39, 0.29) is 21.9 Å². The third-order valence-electron chi connectivity index (χ3n) is 5.22. The molecule has 1 amide bonds. The molecule has 1 N–H and O–H groups in total. The molecule has 1 aliphatic heterocycles. The minimum absolute atomic E-state index is 0.0532. The molecule has 10 heteroatoms. The van der Waals surface area contributed by atoms with Gasteiger partial charge in [0.05, 0.1) is 16.9 Å². The number of nitrogens with one attached hydrogen (secondary N) is 1. The van der Waals surface area contributed by atoms with Gasteiger partial charge >= 0.3 is 5.69 Å². The Bertz CT molecular complexity index is 1070. The van der Waals surface area contributed by atoms with Crippen LogP contribution in [0.2, 0.25) is 0 Å². The number of benzene rings is 2. The zero-order valence-electron chi connectivity index (χ0n) is 17.6. The van der Waals surface area contributed by atoms with Gasteiger partial charge in [-0.25, -0.2) is 8.42 Å². The van der Waals surface area contributed by atoms with Crippen LogP contribution in [0.25, 0.3) is 0 Å². The number of nitrogens with zero attached hydrogens (tertiary/aromatic N) is 2. The topological polar surface area (TPSA) is 119 Å². The Kier molecular flexibility index (Phi) is 6.61. The third-order valence-corrected chi connectivity index (χ3v) is 7.07. The summed E-state index contributed by atoms with van der Waals surface area (Å²) in [6.45, 7) is 5.06. The number of hydrogen-bond donors (Lipinski definition) is 1. The molecule has 0 aromatic heterocycles. The van der Waals surface area contributed by atoms with E-state index in [1.807, 2.05) is 13.8 Å². The van der Waals surface area contributed by atoms with E-state index in [0.29, 0.717) is 30.6 Å². The third kappa shape index (κ3) is 5.02. The van der Waals surface area contributed by atoms with E-state index < -0.39 is 20.9 Å². The summed E-state index contributed by atoms with van der Waals surface area (Å²) in [6.07, 6.45) is 1.00. The van der Waals surface area contributed by atoms with Crippen molar-refractivity contribution in [3.8, 4) is 5.75 Å². The minimum Gasteiger partial charge on any atom is -0.490 e. The Balaban J connectivity index is 1.75. The Morgan fingerprint density at radius 3 is 2.29 bits per heavy atom. The standard InChI is InChI=1S/C21H25N3O6S/c1-14-10-15(2)13-23(12-14)31(28,29)18-7-5-17(6-8-18)22-21(25)16-4-9-20(30-3)19(11-16)24(26)27/h4-9,11,14-15H,10,12-13H2,1-3H3,(H,22,25)/t14-,15+. The fourth-order valence-electron chi connectivity index (χ4n) is 3.84. The fourth-order valence-corrected chi connectivity index (χ4v) is 5.52. The van der Waals surface area contributed by atoms with Gasteiger partial charge in [-0.2, -0.15) is 4.31 Å². The van der Waals surface area contributed by atoms with Crippen molar-refractivity contribution in [2.24, 2.45) is 11.8 Å². The van der Waals surface area contributed by atoms with Gasteiger partial charge in [-0.3, -0.25) is 14.9 Å². The summed E-state index contributed by atoms with van der Waals surface area (Å²) in [5.74, 6) is 0.0915. The molecule has 9 nitrogen and oxygen atoms in total. The quantitative estimate of drug-likeness (QED) is 0.535. The number of amides is 1. The molecular weight excluding hydrogens is 422 g/mol. The van der Waals surface area contributed by atoms with Gasteiger partial charge in [0.2, 0.25) is 10.0 Å². The van der Waals surface area contributed by atoms with E-state index in [0.717, 1.165) is 12.5 Å². The summed E-state index contributed by atoms with van der Waals surface area (Å²) in [5, 5.41) is 13.8. The summed E-state index contributed by atoms with van der Waals surface area (Å²) in [6, 6.07) is 9.80. The molecule has 166 valence electrons. The zero-order valence-corrected chi connectivity index (χ0v) is 18.4. The number of anilines is 1. The van der Waals surface area contributed by atoms with Crippen LogP contribution in [-0.4, -0.2) is 43.8 Å². The van der Waals surface area contributed by atoms with Crippen molar-refractivity contribution >= 4 is 27.3 Å². The first kappa shape index (κ1) is 22.7. The van der Waals surface area contributed by atoms with Crippen molar-refractivity contribution in [3.63, 3.8) is 0 Å². The van der Waals surface area contributed by atoms with Gasteiger partial charge in [-0.05, 0) is 54.7 Å². The maximum Gasteiger partial charge on any atom is 0.311 e. The van der Waals surface area contributed by atoms with Crippen molar-refractivity contribution in [1.29, 1.82) is 0 Å². The zero-order chi connectivity index (χ0) is 22.8. The second kappa shape index (κ2) is 9.03. The predicted octanol–water partition coefficient (Wildman–Crippen LogP) is 3.52. The van der Waals surface area contributed by atoms with Gasteiger partial charge in [0.25, 0.3) is 5.91 Å². The van der Waals surface area contributed by atoms with Crippen LogP contribution in [-0.2, 0) is 10.0 Å². The Morgan fingerprint density at radius 1 is 1.13 bits per heavy atom. The first-order chi connectivity index (χ1) is 14.6. The monoisotopic (exact) mass is 447 g/mol. The van der Waals surface area contributed by atoms with Crippen molar-refractivity contribution in [2.45, 2.75) is 25.2 Å². The Morgan fingerprint density at radius 2 is 1.74 bits per heavy atom. The number of sulfonamides is 1. The maximum atomic E-state index is 13.0. The van der Waals surface area contributed by atoms with E-state index in [4.69, 9.17) is 4.74 Å². The second-order valence-electron chi connectivity index (χ2n) is 7.89. The lowest BCUT2D eigenvalue weighted by Crippen LogP contribution is -2.42. The molecule has 0 unspecified atom stereocenters. The van der Waals surface area contributed by atoms with Crippen LogP contribution in [0.15, 0.2) is 47.4 Å². The van der Waals surface area contributed by atoms with Crippen LogP contribution in [0.1, 0.15) is 30.6 Å². The molecule has 2 atom stereocenters. The smallest absolute Gasteiger partial charge is 0.311 e. The Labute approximate surface area is 181 Å². The predicted molar refractivity (Wildman–Crippen MR) is 116 cm³/mol. The number of nitro groups is 1. The summed E-state index contributed by atoms with van der Waals surface area (Å²) in [4.78, 5) is 23.2. The number of hydrogen-bond acceptors (Lipinski definition) is 6. The molecule has 0 saturated carbocycles. The number of carbonyl (C=O) groups is 1. The number of ether oxygens (including phenoxy) is 1. The SMILES string of the molecule is COc1ccc(C(=O)Nc2ccc(S(=O)(=O)N3C[C@H](C)C[C@H](C)C3)cc2)cc1[N+](=O)[O-]. The lowest BCUT2D eigenvalue weighted by Gasteiger charge is -2.34. The van der Waals surface area contributed by atoms with Crippen LogP contribution >= 0.6 is 0 Å². The molecule has 1 fully saturated rings.